The van der Waals surface area contributed by atoms with Crippen LogP contribution in [0.25, 0.3) is 0 Å². The van der Waals surface area contributed by atoms with Crippen LogP contribution in [0.4, 0.5) is 10.5 Å². The van der Waals surface area contributed by atoms with Gasteiger partial charge in [0.1, 0.15) is 5.60 Å². The highest BCUT2D eigenvalue weighted by molar-refractivity contribution is 8.76. The van der Waals surface area contributed by atoms with E-state index in [2.05, 4.69) is 5.32 Å². The van der Waals surface area contributed by atoms with Gasteiger partial charge in [-0.1, -0.05) is 33.7 Å². The number of nitrogens with zero attached hydrogens (tertiary/aromatic N) is 1. The topological polar surface area (TPSA) is 125 Å². The molecule has 0 aromatic heterocycles. The SMILES string of the molecule is CC(C)(C)OC(=O)NC(=O)[C@@H](N)CSSc1ccccc1[N+](=O)[O-]. The first-order valence-electron chi connectivity index (χ1n) is 6.92. The van der Waals surface area contributed by atoms with Gasteiger partial charge in [-0.05, 0) is 26.8 Å². The lowest BCUT2D eigenvalue weighted by atomic mass is 10.2. The molecule has 0 saturated carbocycles. The third kappa shape index (κ3) is 7.20. The van der Waals surface area contributed by atoms with Crippen molar-refractivity contribution in [2.24, 2.45) is 5.73 Å². The number of nitrogens with two attached hydrogens (primary N) is 1. The normalized spacial score (nSPS) is 12.3. The molecule has 24 heavy (non-hydrogen) atoms. The van der Waals surface area contributed by atoms with Crippen LogP contribution in [0.1, 0.15) is 20.8 Å². The number of nitrogens with one attached hydrogen (secondary N) is 1. The van der Waals surface area contributed by atoms with Gasteiger partial charge in [-0.2, -0.15) is 0 Å². The number of benzene rings is 1. The molecule has 0 saturated heterocycles. The number of hydrogen-bond acceptors (Lipinski definition) is 8. The molecule has 0 fully saturated rings. The minimum absolute atomic E-state index is 0.0122. The lowest BCUT2D eigenvalue weighted by Crippen LogP contribution is -2.46. The number of ether oxygens (including phenoxy) is 1. The number of amides is 2. The van der Waals surface area contributed by atoms with Crippen LogP contribution >= 0.6 is 21.6 Å². The van der Waals surface area contributed by atoms with Crippen molar-refractivity contribution in [3.63, 3.8) is 0 Å². The summed E-state index contributed by atoms with van der Waals surface area (Å²) in [7, 11) is 2.34. The van der Waals surface area contributed by atoms with E-state index in [0.29, 0.717) is 4.90 Å². The Morgan fingerprint density at radius 2 is 2.00 bits per heavy atom. The molecule has 0 radical (unpaired) electrons. The summed E-state index contributed by atoms with van der Waals surface area (Å²) in [5, 5.41) is 13.0. The minimum Gasteiger partial charge on any atom is -0.444 e. The molecule has 132 valence electrons. The fourth-order valence-electron chi connectivity index (χ4n) is 1.42. The number of rotatable bonds is 6. The van der Waals surface area contributed by atoms with E-state index in [1.54, 1.807) is 39.0 Å². The van der Waals surface area contributed by atoms with Crippen molar-refractivity contribution in [3.05, 3.63) is 34.4 Å². The van der Waals surface area contributed by atoms with E-state index in [0.717, 1.165) is 10.8 Å². The zero-order valence-electron chi connectivity index (χ0n) is 13.5. The average molecular weight is 373 g/mol. The van der Waals surface area contributed by atoms with E-state index in [-0.39, 0.29) is 11.4 Å². The highest BCUT2D eigenvalue weighted by Gasteiger charge is 2.22. The predicted octanol–water partition coefficient (Wildman–Crippen LogP) is 2.71. The predicted molar refractivity (Wildman–Crippen MR) is 93.8 cm³/mol. The van der Waals surface area contributed by atoms with Crippen molar-refractivity contribution in [2.75, 3.05) is 5.75 Å². The molecule has 2 amide bonds. The van der Waals surface area contributed by atoms with Crippen LogP contribution in [0.3, 0.4) is 0 Å². The Bertz CT molecular complexity index is 619. The molecule has 10 heteroatoms. The van der Waals surface area contributed by atoms with Crippen molar-refractivity contribution >= 4 is 39.3 Å². The zero-order chi connectivity index (χ0) is 18.3. The van der Waals surface area contributed by atoms with Gasteiger partial charge in [0.25, 0.3) is 5.69 Å². The number of nitro groups is 1. The Morgan fingerprint density at radius 3 is 2.58 bits per heavy atom. The average Bonchev–Trinajstić information content (AvgIpc) is 2.45. The molecule has 0 unspecified atom stereocenters. The summed E-state index contributed by atoms with van der Waals surface area (Å²) in [4.78, 5) is 34.2. The van der Waals surface area contributed by atoms with Crippen LogP contribution in [-0.2, 0) is 9.53 Å². The summed E-state index contributed by atoms with van der Waals surface area (Å²) in [5.74, 6) is -0.495. The van der Waals surface area contributed by atoms with E-state index in [1.807, 2.05) is 0 Å². The Morgan fingerprint density at radius 1 is 1.38 bits per heavy atom. The van der Waals surface area contributed by atoms with Crippen molar-refractivity contribution in [2.45, 2.75) is 37.3 Å². The molecule has 0 bridgehead atoms. The molecule has 3 N–H and O–H groups in total. The molecular weight excluding hydrogens is 354 g/mol. The summed E-state index contributed by atoms with van der Waals surface area (Å²) in [6.07, 6.45) is -0.862. The van der Waals surface area contributed by atoms with Gasteiger partial charge in [0, 0.05) is 11.8 Å². The number of nitro benzene ring substituents is 1. The van der Waals surface area contributed by atoms with Crippen LogP contribution in [0, 0.1) is 10.1 Å². The minimum atomic E-state index is -0.946. The van der Waals surface area contributed by atoms with Gasteiger partial charge in [-0.25, -0.2) is 4.79 Å². The smallest absolute Gasteiger partial charge is 0.414 e. The first-order chi connectivity index (χ1) is 11.1. The molecule has 1 atom stereocenters. The molecule has 0 heterocycles. The number of alkyl carbamates (subject to hydrolysis) is 1. The second kappa shape index (κ2) is 8.90. The number of carbonyl (C=O) groups excluding carboxylic acids is 2. The Balaban J connectivity index is 2.46. The molecule has 8 nitrogen and oxygen atoms in total. The number of carbonyl (C=O) groups is 2. The highest BCUT2D eigenvalue weighted by Crippen LogP contribution is 2.37. The maximum atomic E-state index is 11.8. The maximum Gasteiger partial charge on any atom is 0.414 e. The molecule has 1 rings (SSSR count). The van der Waals surface area contributed by atoms with Crippen LogP contribution in [-0.4, -0.2) is 34.3 Å². The molecule has 0 aliphatic rings. The van der Waals surface area contributed by atoms with Crippen LogP contribution in [0.5, 0.6) is 0 Å². The van der Waals surface area contributed by atoms with Gasteiger partial charge in [0.15, 0.2) is 0 Å². The highest BCUT2D eigenvalue weighted by atomic mass is 33.1. The monoisotopic (exact) mass is 373 g/mol. The van der Waals surface area contributed by atoms with Gasteiger partial charge in [-0.3, -0.25) is 20.2 Å². The summed E-state index contributed by atoms with van der Waals surface area (Å²) in [5.41, 5.74) is 4.97. The van der Waals surface area contributed by atoms with Crippen molar-refractivity contribution in [1.82, 2.24) is 5.32 Å². The Hall–Kier alpha value is -1.78. The first kappa shape index (κ1) is 20.3. The molecule has 0 aliphatic carbocycles. The van der Waals surface area contributed by atoms with Gasteiger partial charge < -0.3 is 10.5 Å². The maximum absolute atomic E-state index is 11.8. The molecule has 0 spiro atoms. The van der Waals surface area contributed by atoms with Crippen LogP contribution in [0.2, 0.25) is 0 Å². The first-order valence-corrected chi connectivity index (χ1v) is 9.24. The van der Waals surface area contributed by atoms with E-state index in [9.17, 15) is 19.7 Å². The second-order valence-corrected chi connectivity index (χ2v) is 8.07. The number of para-hydroxylation sites is 1. The van der Waals surface area contributed by atoms with Crippen molar-refractivity contribution in [3.8, 4) is 0 Å². The third-order valence-electron chi connectivity index (χ3n) is 2.42. The van der Waals surface area contributed by atoms with Crippen molar-refractivity contribution in [1.29, 1.82) is 0 Å². The lowest BCUT2D eigenvalue weighted by Gasteiger charge is -2.20. The van der Waals surface area contributed by atoms with Crippen molar-refractivity contribution < 1.29 is 19.2 Å². The quantitative estimate of drug-likeness (QED) is 0.443. The lowest BCUT2D eigenvalue weighted by molar-refractivity contribution is -0.387. The summed E-state index contributed by atoms with van der Waals surface area (Å²) in [6, 6.07) is 5.33. The van der Waals surface area contributed by atoms with Gasteiger partial charge in [-0.15, -0.1) is 0 Å². The molecular formula is C14H19N3O5S2. The fraction of sp³-hybridized carbons (Fsp3) is 0.429. The fourth-order valence-corrected chi connectivity index (χ4v) is 3.72. The summed E-state index contributed by atoms with van der Waals surface area (Å²) in [6.45, 7) is 5.03. The molecule has 1 aromatic rings. The standard InChI is InChI=1S/C14H19N3O5S2/c1-14(2,3)22-13(19)16-12(18)9(15)8-23-24-11-7-5-4-6-10(11)17(20)21/h4-7,9H,8,15H2,1-3H3,(H,16,18,19)/t9-/m0/s1. The molecule has 0 aliphatic heterocycles. The summed E-state index contributed by atoms with van der Waals surface area (Å²) >= 11 is 0. The van der Waals surface area contributed by atoms with E-state index in [1.165, 1.54) is 16.9 Å². The third-order valence-corrected chi connectivity index (χ3v) is 4.86. The number of hydrogen-bond donors (Lipinski definition) is 2. The molecule has 1 aromatic carbocycles. The zero-order valence-corrected chi connectivity index (χ0v) is 15.1. The van der Waals surface area contributed by atoms with E-state index in [4.69, 9.17) is 10.5 Å². The Kier molecular flexibility index (Phi) is 7.52. The summed E-state index contributed by atoms with van der Waals surface area (Å²) < 4.78 is 4.96. The van der Waals surface area contributed by atoms with Gasteiger partial charge in [0.05, 0.1) is 15.9 Å². The Labute approximate surface area is 147 Å². The van der Waals surface area contributed by atoms with Crippen LogP contribution < -0.4 is 11.1 Å². The second-order valence-electron chi connectivity index (χ2n) is 5.69. The largest absolute Gasteiger partial charge is 0.444 e. The van der Waals surface area contributed by atoms with E-state index >= 15 is 0 Å². The number of imide groups is 1. The van der Waals surface area contributed by atoms with Crippen LogP contribution in [0.15, 0.2) is 29.2 Å². The van der Waals surface area contributed by atoms with E-state index < -0.39 is 28.6 Å². The van der Waals surface area contributed by atoms with Gasteiger partial charge >= 0.3 is 6.09 Å². The van der Waals surface area contributed by atoms with Gasteiger partial charge in [0.2, 0.25) is 5.91 Å².